The third-order valence-corrected chi connectivity index (χ3v) is 9.26. The molecule has 0 fully saturated rings. The molecule has 1 N–H and O–H groups in total. The molecule has 0 aliphatic rings. The number of carboxylic acid groups (broad SMARTS) is 1. The Bertz CT molecular complexity index is 767. The maximum Gasteiger partial charge on any atom is 0.362 e. The van der Waals surface area contributed by atoms with Gasteiger partial charge in [-0.15, -0.1) is 0 Å². The lowest BCUT2D eigenvalue weighted by Crippen LogP contribution is -2.50. The van der Waals surface area contributed by atoms with Gasteiger partial charge in [-0.1, -0.05) is 155 Å². The zero-order chi connectivity index (χ0) is 35.7. The van der Waals surface area contributed by atoms with Gasteiger partial charge >= 0.3 is 17.9 Å². The van der Waals surface area contributed by atoms with E-state index in [1.807, 2.05) is 21.1 Å². The summed E-state index contributed by atoms with van der Waals surface area (Å²) in [4.78, 5) is 36.7. The molecule has 0 aromatic rings. The van der Waals surface area contributed by atoms with Crippen molar-refractivity contribution in [1.82, 2.24) is 0 Å². The van der Waals surface area contributed by atoms with Gasteiger partial charge < -0.3 is 23.8 Å². The van der Waals surface area contributed by atoms with Crippen LogP contribution < -0.4 is 0 Å². The average Bonchev–Trinajstić information content (AvgIpc) is 3.03. The van der Waals surface area contributed by atoms with Crippen LogP contribution in [0.5, 0.6) is 0 Å². The molecule has 0 aliphatic carbocycles. The monoisotopic (exact) mass is 685 g/mol. The fraction of sp³-hybridized carbons (Fsp3) is 0.925. The lowest BCUT2D eigenvalue weighted by atomic mass is 10.0. The number of unbranched alkanes of at least 4 members (excludes halogenated alkanes) is 22. The van der Waals surface area contributed by atoms with E-state index < -0.39 is 18.1 Å². The van der Waals surface area contributed by atoms with Crippen LogP contribution in [0.25, 0.3) is 0 Å². The topological polar surface area (TPSA) is 99.1 Å². The Labute approximate surface area is 296 Å². The van der Waals surface area contributed by atoms with Gasteiger partial charge in [0.15, 0.2) is 12.1 Å². The minimum Gasteiger partial charge on any atom is -0.477 e. The fourth-order valence-corrected chi connectivity index (χ4v) is 6.09. The Morgan fingerprint density at radius 1 is 0.542 bits per heavy atom. The largest absolute Gasteiger partial charge is 0.477 e. The van der Waals surface area contributed by atoms with Gasteiger partial charge in [-0.25, -0.2) is 4.79 Å². The normalized spacial score (nSPS) is 12.9. The Morgan fingerprint density at radius 3 is 1.29 bits per heavy atom. The van der Waals surface area contributed by atoms with Crippen LogP contribution in [0.1, 0.15) is 187 Å². The standard InChI is InChI=1S/C40H77NO7/c1-6-8-10-12-14-16-17-18-19-20-21-22-23-25-27-29-31-39(43)48-36(34-46-33-32-37(40(44)45)41(3,4)5)35-47-38(42)30-28-26-24-15-13-11-9-7-2/h36-37H,6-35H2,1-5H3/p+1. The lowest BCUT2D eigenvalue weighted by molar-refractivity contribution is -0.887. The lowest BCUT2D eigenvalue weighted by Gasteiger charge is -2.31. The van der Waals surface area contributed by atoms with E-state index in [9.17, 15) is 19.5 Å². The van der Waals surface area contributed by atoms with Crippen molar-refractivity contribution < 1.29 is 38.2 Å². The van der Waals surface area contributed by atoms with Crippen LogP contribution in [0.15, 0.2) is 0 Å². The summed E-state index contributed by atoms with van der Waals surface area (Å²) >= 11 is 0. The highest BCUT2D eigenvalue weighted by Crippen LogP contribution is 2.15. The predicted molar refractivity (Wildman–Crippen MR) is 197 cm³/mol. The Kier molecular flexibility index (Phi) is 31.4. The molecule has 2 atom stereocenters. The Balaban J connectivity index is 4.30. The Hall–Kier alpha value is -1.67. The first-order chi connectivity index (χ1) is 23.1. The van der Waals surface area contributed by atoms with E-state index in [4.69, 9.17) is 14.2 Å². The second-order valence-corrected chi connectivity index (χ2v) is 14.9. The van der Waals surface area contributed by atoms with Gasteiger partial charge in [-0.3, -0.25) is 9.59 Å². The van der Waals surface area contributed by atoms with Gasteiger partial charge in [-0.2, -0.15) is 0 Å². The number of aliphatic carboxylic acids is 1. The van der Waals surface area contributed by atoms with Gasteiger partial charge in [0.2, 0.25) is 0 Å². The Morgan fingerprint density at radius 2 is 0.917 bits per heavy atom. The number of nitrogens with zero attached hydrogens (tertiary/aromatic N) is 1. The quantitative estimate of drug-likeness (QED) is 0.0398. The second kappa shape index (κ2) is 32.5. The summed E-state index contributed by atoms with van der Waals surface area (Å²) in [7, 11) is 5.52. The molecule has 0 aromatic carbocycles. The van der Waals surface area contributed by atoms with Crippen molar-refractivity contribution in [2.24, 2.45) is 0 Å². The molecule has 0 radical (unpaired) electrons. The summed E-state index contributed by atoms with van der Waals surface area (Å²) in [5.74, 6) is -1.46. The van der Waals surface area contributed by atoms with Crippen LogP contribution in [0.2, 0.25) is 0 Å². The molecule has 0 saturated heterocycles. The molecule has 48 heavy (non-hydrogen) atoms. The van der Waals surface area contributed by atoms with Crippen molar-refractivity contribution in [2.45, 2.75) is 199 Å². The van der Waals surface area contributed by atoms with E-state index in [-0.39, 0.29) is 36.2 Å². The first kappa shape index (κ1) is 46.3. The first-order valence-electron chi connectivity index (χ1n) is 20.1. The fourth-order valence-electron chi connectivity index (χ4n) is 6.09. The van der Waals surface area contributed by atoms with Crippen LogP contribution in [0.4, 0.5) is 0 Å². The minimum atomic E-state index is -0.872. The number of carboxylic acids is 1. The summed E-state index contributed by atoms with van der Waals surface area (Å²) in [6.07, 6.45) is 30.0. The molecule has 284 valence electrons. The molecular formula is C40H78NO7+. The number of ether oxygens (including phenoxy) is 3. The van der Waals surface area contributed by atoms with Crippen LogP contribution in [-0.4, -0.2) is 80.6 Å². The van der Waals surface area contributed by atoms with Crippen LogP contribution in [0, 0.1) is 0 Å². The van der Waals surface area contributed by atoms with Crippen molar-refractivity contribution in [3.05, 3.63) is 0 Å². The van der Waals surface area contributed by atoms with Crippen molar-refractivity contribution >= 4 is 17.9 Å². The number of likely N-dealkylation sites (N-methyl/N-ethyl adjacent to an activating group) is 1. The molecule has 0 spiro atoms. The van der Waals surface area contributed by atoms with E-state index in [0.717, 1.165) is 38.5 Å². The number of rotatable bonds is 36. The van der Waals surface area contributed by atoms with E-state index >= 15 is 0 Å². The molecule has 0 aromatic heterocycles. The minimum absolute atomic E-state index is 0.0434. The molecule has 0 rings (SSSR count). The molecular weight excluding hydrogens is 606 g/mol. The summed E-state index contributed by atoms with van der Waals surface area (Å²) in [5.41, 5.74) is 0. The number of carbonyl (C=O) groups is 3. The second-order valence-electron chi connectivity index (χ2n) is 14.9. The molecule has 0 bridgehead atoms. The zero-order valence-electron chi connectivity index (χ0n) is 32.2. The number of hydrogen-bond donors (Lipinski definition) is 1. The number of esters is 2. The highest BCUT2D eigenvalue weighted by molar-refractivity contribution is 5.72. The molecule has 8 heteroatoms. The summed E-state index contributed by atoms with van der Waals surface area (Å²) in [6, 6.07) is -0.606. The smallest absolute Gasteiger partial charge is 0.362 e. The van der Waals surface area contributed by atoms with E-state index in [2.05, 4.69) is 13.8 Å². The van der Waals surface area contributed by atoms with Gasteiger partial charge in [0.25, 0.3) is 0 Å². The zero-order valence-corrected chi connectivity index (χ0v) is 32.2. The molecule has 0 amide bonds. The van der Waals surface area contributed by atoms with Crippen molar-refractivity contribution in [3.63, 3.8) is 0 Å². The average molecular weight is 685 g/mol. The third-order valence-electron chi connectivity index (χ3n) is 9.26. The van der Waals surface area contributed by atoms with Gasteiger partial charge in [0, 0.05) is 19.3 Å². The van der Waals surface area contributed by atoms with Gasteiger partial charge in [0.05, 0.1) is 34.4 Å². The highest BCUT2D eigenvalue weighted by atomic mass is 16.6. The molecule has 2 unspecified atom stereocenters. The van der Waals surface area contributed by atoms with Gasteiger partial charge in [-0.05, 0) is 12.8 Å². The van der Waals surface area contributed by atoms with Gasteiger partial charge in [0.1, 0.15) is 6.61 Å². The maximum absolute atomic E-state index is 12.6. The van der Waals surface area contributed by atoms with E-state index in [1.165, 1.54) is 116 Å². The van der Waals surface area contributed by atoms with Crippen molar-refractivity contribution in [1.29, 1.82) is 0 Å². The SMILES string of the molecule is CCCCCCCCCCCCCCCCCCC(=O)OC(COCCC(C(=O)O)[N+](C)(C)C)COC(=O)CCCCCCCCCC. The summed E-state index contributed by atoms with van der Waals surface area (Å²) < 4.78 is 17.2. The number of carbonyl (C=O) groups excluding carboxylic acids is 2. The number of hydrogen-bond acceptors (Lipinski definition) is 6. The first-order valence-corrected chi connectivity index (χ1v) is 20.1. The molecule has 8 nitrogen and oxygen atoms in total. The summed E-state index contributed by atoms with van der Waals surface area (Å²) in [5, 5.41) is 9.57. The van der Waals surface area contributed by atoms with Crippen molar-refractivity contribution in [3.8, 4) is 0 Å². The van der Waals surface area contributed by atoms with Crippen LogP contribution in [-0.2, 0) is 28.6 Å². The van der Waals surface area contributed by atoms with Crippen molar-refractivity contribution in [2.75, 3.05) is 41.0 Å². The predicted octanol–water partition coefficient (Wildman–Crippen LogP) is 10.2. The van der Waals surface area contributed by atoms with Crippen LogP contribution in [0.3, 0.4) is 0 Å². The third kappa shape index (κ3) is 30.4. The highest BCUT2D eigenvalue weighted by Gasteiger charge is 2.31. The van der Waals surface area contributed by atoms with E-state index in [1.54, 1.807) is 0 Å². The molecule has 0 saturated carbocycles. The summed E-state index contributed by atoms with van der Waals surface area (Å²) in [6.45, 7) is 4.72. The van der Waals surface area contributed by atoms with E-state index in [0.29, 0.717) is 19.3 Å². The number of quaternary nitrogens is 1. The molecule has 0 aliphatic heterocycles. The maximum atomic E-state index is 12.6. The molecule has 0 heterocycles. The van der Waals surface area contributed by atoms with Crippen LogP contribution >= 0.6 is 0 Å².